The zero-order valence-electron chi connectivity index (χ0n) is 18.6. The molecule has 4 rings (SSSR count). The molecule has 2 unspecified atom stereocenters. The molecule has 0 aromatic heterocycles. The van der Waals surface area contributed by atoms with Crippen LogP contribution < -0.4 is 4.74 Å². The zero-order valence-corrected chi connectivity index (χ0v) is 18.6. The van der Waals surface area contributed by atoms with E-state index in [1.54, 1.807) is 12.1 Å². The maximum Gasteiger partial charge on any atom is 0.335 e. The second-order valence-corrected chi connectivity index (χ2v) is 8.32. The predicted octanol–water partition coefficient (Wildman–Crippen LogP) is 4.34. The molecular weight excluding hydrogens is 425 g/mol. The van der Waals surface area contributed by atoms with Crippen molar-refractivity contribution in [2.45, 2.75) is 38.2 Å². The highest BCUT2D eigenvalue weighted by atomic mass is 19.1. The van der Waals surface area contributed by atoms with Gasteiger partial charge in [-0.15, -0.1) is 0 Å². The van der Waals surface area contributed by atoms with Crippen LogP contribution in [-0.4, -0.2) is 41.9 Å². The van der Waals surface area contributed by atoms with E-state index < -0.39 is 29.9 Å². The lowest BCUT2D eigenvalue weighted by Crippen LogP contribution is -2.65. The van der Waals surface area contributed by atoms with Crippen LogP contribution in [0.3, 0.4) is 0 Å². The smallest absolute Gasteiger partial charge is 0.335 e. The Kier molecular flexibility index (Phi) is 6.60. The van der Waals surface area contributed by atoms with Crippen LogP contribution in [0.5, 0.6) is 5.75 Å². The van der Waals surface area contributed by atoms with Crippen molar-refractivity contribution in [3.8, 4) is 5.75 Å². The maximum absolute atomic E-state index is 13.4. The molecule has 0 N–H and O–H groups in total. The minimum absolute atomic E-state index is 0.368. The second-order valence-electron chi connectivity index (χ2n) is 8.32. The monoisotopic (exact) mass is 451 g/mol. The minimum atomic E-state index is -1.71. The average Bonchev–Trinajstić information content (AvgIpc) is 2.93. The Hall–Kier alpha value is -3.45. The van der Waals surface area contributed by atoms with Gasteiger partial charge in [-0.25, -0.2) is 18.9 Å². The summed E-state index contributed by atoms with van der Waals surface area (Å²) in [4.78, 5) is 27.1. The molecule has 2 aromatic rings. The van der Waals surface area contributed by atoms with Gasteiger partial charge in [0.2, 0.25) is 0 Å². The van der Waals surface area contributed by atoms with E-state index in [1.165, 1.54) is 12.1 Å². The van der Waals surface area contributed by atoms with Gasteiger partial charge >= 0.3 is 17.8 Å². The number of carbonyl (C=O) groups excluding carboxylic acids is 2. The lowest BCUT2D eigenvalue weighted by molar-refractivity contribution is -0.310. The quantitative estimate of drug-likeness (QED) is 0.498. The largest absolute Gasteiger partial charge is 0.489 e. The molecule has 1 fully saturated rings. The normalized spacial score (nSPS) is 22.3. The molecule has 0 radical (unpaired) electrons. The summed E-state index contributed by atoms with van der Waals surface area (Å²) in [5, 5.41) is 0. The van der Waals surface area contributed by atoms with Gasteiger partial charge in [0.05, 0.1) is 0 Å². The number of piperidine rings is 1. The van der Waals surface area contributed by atoms with Gasteiger partial charge in [0.1, 0.15) is 23.6 Å². The molecule has 1 spiro atoms. The van der Waals surface area contributed by atoms with Gasteiger partial charge in [0, 0.05) is 25.2 Å². The molecule has 7 heteroatoms. The van der Waals surface area contributed by atoms with Crippen LogP contribution in [0, 0.1) is 5.82 Å². The molecule has 1 saturated heterocycles. The molecule has 33 heavy (non-hydrogen) atoms. The molecule has 2 aromatic carbocycles. The van der Waals surface area contributed by atoms with Gasteiger partial charge in [0.25, 0.3) is 0 Å². The summed E-state index contributed by atoms with van der Waals surface area (Å²) in [7, 11) is 0. The second kappa shape index (κ2) is 9.58. The first-order valence-electron chi connectivity index (χ1n) is 10.9. The Morgan fingerprint density at radius 2 is 1.70 bits per heavy atom. The van der Waals surface area contributed by atoms with Crippen molar-refractivity contribution in [1.29, 1.82) is 0 Å². The van der Waals surface area contributed by atoms with Gasteiger partial charge in [-0.3, -0.25) is 0 Å². The molecule has 2 aliphatic rings. The summed E-state index contributed by atoms with van der Waals surface area (Å²) < 4.78 is 31.5. The third kappa shape index (κ3) is 4.98. The number of esters is 2. The van der Waals surface area contributed by atoms with Crippen molar-refractivity contribution in [2.75, 3.05) is 13.1 Å². The van der Waals surface area contributed by atoms with Crippen molar-refractivity contribution >= 4 is 11.9 Å². The first-order valence-corrected chi connectivity index (χ1v) is 10.9. The number of nitrogens with zero attached hydrogens (tertiary/aromatic N) is 1. The van der Waals surface area contributed by atoms with E-state index in [9.17, 15) is 14.0 Å². The lowest BCUT2D eigenvalue weighted by Gasteiger charge is -2.50. The molecule has 0 saturated carbocycles. The van der Waals surface area contributed by atoms with E-state index in [4.69, 9.17) is 14.2 Å². The van der Waals surface area contributed by atoms with Crippen molar-refractivity contribution in [2.24, 2.45) is 0 Å². The molecule has 0 aliphatic carbocycles. The predicted molar refractivity (Wildman–Crippen MR) is 120 cm³/mol. The molecule has 6 nitrogen and oxygen atoms in total. The van der Waals surface area contributed by atoms with Crippen molar-refractivity contribution in [3.05, 3.63) is 89.8 Å². The van der Waals surface area contributed by atoms with Crippen molar-refractivity contribution < 1.29 is 28.2 Å². The third-order valence-corrected chi connectivity index (χ3v) is 5.72. The van der Waals surface area contributed by atoms with E-state index in [2.05, 4.69) is 0 Å². The van der Waals surface area contributed by atoms with E-state index in [0.29, 0.717) is 25.3 Å². The third-order valence-electron chi connectivity index (χ3n) is 5.72. The number of ether oxygens (including phenoxy) is 3. The summed E-state index contributed by atoms with van der Waals surface area (Å²) in [6.07, 6.45) is 4.19. The number of rotatable bonds is 5. The summed E-state index contributed by atoms with van der Waals surface area (Å²) in [6.45, 7) is 4.80. The van der Waals surface area contributed by atoms with Crippen LogP contribution in [0.15, 0.2) is 78.4 Å². The van der Waals surface area contributed by atoms with Gasteiger partial charge in [0.15, 0.2) is 0 Å². The Labute approximate surface area is 192 Å². The van der Waals surface area contributed by atoms with Gasteiger partial charge < -0.3 is 14.2 Å². The van der Waals surface area contributed by atoms with Crippen molar-refractivity contribution in [3.63, 3.8) is 0 Å². The van der Waals surface area contributed by atoms with Crippen LogP contribution in [0.25, 0.3) is 0 Å². The fraction of sp³-hybridized carbons (Fsp3) is 0.308. The van der Waals surface area contributed by atoms with Gasteiger partial charge in [-0.1, -0.05) is 42.0 Å². The molecule has 0 amide bonds. The highest BCUT2D eigenvalue weighted by Gasteiger charge is 2.59. The van der Waals surface area contributed by atoms with Crippen LogP contribution >= 0.6 is 0 Å². The fourth-order valence-corrected chi connectivity index (χ4v) is 4.22. The lowest BCUT2D eigenvalue weighted by atomic mass is 9.83. The highest BCUT2D eigenvalue weighted by molar-refractivity contribution is 5.93. The number of halogens is 1. The topological polar surface area (TPSA) is 65.1 Å². The fourth-order valence-electron chi connectivity index (χ4n) is 4.22. The van der Waals surface area contributed by atoms with E-state index in [0.717, 1.165) is 23.3 Å². The zero-order chi connectivity index (χ0) is 23.4. The Balaban J connectivity index is 1.82. The molecule has 2 atom stereocenters. The number of hydrogen-bond acceptors (Lipinski definition) is 6. The highest BCUT2D eigenvalue weighted by Crippen LogP contribution is 2.45. The molecule has 2 aliphatic heterocycles. The summed E-state index contributed by atoms with van der Waals surface area (Å²) in [5.41, 5.74) is 1.87. The molecular formula is C26H26FNO5. The van der Waals surface area contributed by atoms with Crippen LogP contribution in [0.1, 0.15) is 31.7 Å². The molecule has 172 valence electrons. The summed E-state index contributed by atoms with van der Waals surface area (Å²) in [6, 6.07) is 15.1. The van der Waals surface area contributed by atoms with E-state index in [1.807, 2.05) is 55.2 Å². The number of likely N-dealkylation sites (tertiary alicyclic amines) is 1. The van der Waals surface area contributed by atoms with Crippen LogP contribution in [0.2, 0.25) is 0 Å². The molecule has 0 bridgehead atoms. The van der Waals surface area contributed by atoms with E-state index in [-0.39, 0.29) is 5.82 Å². The summed E-state index contributed by atoms with van der Waals surface area (Å²) in [5.74, 6) is -3.62. The van der Waals surface area contributed by atoms with Gasteiger partial charge in [-0.2, -0.15) is 0 Å². The number of allylic oxidation sites excluding steroid dienone is 1. The summed E-state index contributed by atoms with van der Waals surface area (Å²) >= 11 is 0. The first-order chi connectivity index (χ1) is 15.9. The Bertz CT molecular complexity index is 1040. The average molecular weight is 451 g/mol. The number of benzene rings is 2. The maximum atomic E-state index is 13.4. The van der Waals surface area contributed by atoms with Gasteiger partial charge in [-0.05, 0) is 50.1 Å². The van der Waals surface area contributed by atoms with Crippen molar-refractivity contribution in [1.82, 2.24) is 4.90 Å². The molecule has 2 heterocycles. The standard InChI is InChI=1S/C26H26FNO5/c1-18(2)14-16-28-17-15-22(31-21-10-8-20(27)9-11-21)25(19-6-4-3-5-7-19)26(28)32-23(29)12-13-24(30)33-26/h3-14,22,25H,15-17H2,1-2H3. The Morgan fingerprint density at radius 3 is 2.30 bits per heavy atom. The Morgan fingerprint density at radius 1 is 1.06 bits per heavy atom. The number of carbonyl (C=O) groups is 2. The van der Waals surface area contributed by atoms with E-state index >= 15 is 0 Å². The number of hydrogen-bond donors (Lipinski definition) is 0. The minimum Gasteiger partial charge on any atom is -0.489 e. The first kappa shape index (κ1) is 22.7. The SMILES string of the molecule is CC(C)=CCN1CCC(Oc2ccc(F)cc2)C(c2ccccc2)C12OC(=O)C=CC(=O)O2. The van der Waals surface area contributed by atoms with Crippen LogP contribution in [0.4, 0.5) is 4.39 Å². The van der Waals surface area contributed by atoms with Crippen LogP contribution in [-0.2, 0) is 19.1 Å².